The molecule has 0 aliphatic heterocycles. The molecule has 2 rings (SSSR count). The minimum atomic E-state index is 0.0896. The molecule has 0 bridgehead atoms. The van der Waals surface area contributed by atoms with Gasteiger partial charge in [0.1, 0.15) is 5.01 Å². The zero-order chi connectivity index (χ0) is 13.1. The molecule has 0 spiro atoms. The zero-order valence-corrected chi connectivity index (χ0v) is 11.6. The van der Waals surface area contributed by atoms with Gasteiger partial charge < -0.3 is 5.32 Å². The minimum Gasteiger partial charge on any atom is -0.379 e. The van der Waals surface area contributed by atoms with Gasteiger partial charge in [0, 0.05) is 12.6 Å². The molecule has 94 valence electrons. The molecule has 0 radical (unpaired) electrons. The quantitative estimate of drug-likeness (QED) is 0.854. The standard InChI is InChI=1S/C14H16N2OS/c1-9-5-4-6-12(7-9)15-8-13-16-10(2)14(18-13)11(3)17/h4-7,15H,8H2,1-3H3. The van der Waals surface area contributed by atoms with Crippen molar-refractivity contribution in [2.24, 2.45) is 0 Å². The molecule has 1 aromatic heterocycles. The first-order valence-corrected chi connectivity index (χ1v) is 6.65. The van der Waals surface area contributed by atoms with Crippen LogP contribution in [0.4, 0.5) is 5.69 Å². The monoisotopic (exact) mass is 260 g/mol. The van der Waals surface area contributed by atoms with E-state index in [0.717, 1.165) is 21.3 Å². The normalized spacial score (nSPS) is 10.4. The van der Waals surface area contributed by atoms with Gasteiger partial charge in [0.25, 0.3) is 0 Å². The Labute approximate surface area is 111 Å². The van der Waals surface area contributed by atoms with Crippen LogP contribution in [-0.2, 0) is 6.54 Å². The highest BCUT2D eigenvalue weighted by Crippen LogP contribution is 2.20. The van der Waals surface area contributed by atoms with E-state index in [9.17, 15) is 4.79 Å². The summed E-state index contributed by atoms with van der Waals surface area (Å²) in [5.41, 5.74) is 3.13. The van der Waals surface area contributed by atoms with Crippen LogP contribution >= 0.6 is 11.3 Å². The molecule has 18 heavy (non-hydrogen) atoms. The van der Waals surface area contributed by atoms with Crippen LogP contribution in [0.15, 0.2) is 24.3 Å². The number of nitrogens with one attached hydrogen (secondary N) is 1. The molecule has 0 amide bonds. The zero-order valence-electron chi connectivity index (χ0n) is 10.8. The van der Waals surface area contributed by atoms with Gasteiger partial charge in [-0.1, -0.05) is 12.1 Å². The van der Waals surface area contributed by atoms with E-state index in [2.05, 4.69) is 29.4 Å². The lowest BCUT2D eigenvalue weighted by molar-refractivity contribution is 0.102. The number of carbonyl (C=O) groups excluding carboxylic acids is 1. The lowest BCUT2D eigenvalue weighted by atomic mass is 10.2. The Morgan fingerprint density at radius 3 is 2.78 bits per heavy atom. The van der Waals surface area contributed by atoms with Crippen LogP contribution in [0, 0.1) is 13.8 Å². The van der Waals surface area contributed by atoms with Crippen LogP contribution in [0.1, 0.15) is 32.9 Å². The number of rotatable bonds is 4. The van der Waals surface area contributed by atoms with Crippen molar-refractivity contribution >= 4 is 22.8 Å². The van der Waals surface area contributed by atoms with E-state index < -0.39 is 0 Å². The maximum Gasteiger partial charge on any atom is 0.171 e. The number of hydrogen-bond acceptors (Lipinski definition) is 4. The summed E-state index contributed by atoms with van der Waals surface area (Å²) in [6.45, 7) is 6.18. The first-order valence-electron chi connectivity index (χ1n) is 5.84. The molecule has 3 nitrogen and oxygen atoms in total. The number of anilines is 1. The highest BCUT2D eigenvalue weighted by molar-refractivity contribution is 7.13. The maximum absolute atomic E-state index is 11.3. The fraction of sp³-hybridized carbons (Fsp3) is 0.286. The first-order chi connectivity index (χ1) is 8.56. The lowest BCUT2D eigenvalue weighted by Gasteiger charge is -2.04. The van der Waals surface area contributed by atoms with Gasteiger partial charge in [-0.25, -0.2) is 4.98 Å². The molecular formula is C14H16N2OS. The van der Waals surface area contributed by atoms with Gasteiger partial charge in [0.05, 0.1) is 17.1 Å². The van der Waals surface area contributed by atoms with E-state index in [4.69, 9.17) is 0 Å². The van der Waals surface area contributed by atoms with Gasteiger partial charge in [-0.2, -0.15) is 0 Å². The number of ketones is 1. The summed E-state index contributed by atoms with van der Waals surface area (Å²) in [7, 11) is 0. The highest BCUT2D eigenvalue weighted by Gasteiger charge is 2.10. The second-order valence-corrected chi connectivity index (χ2v) is 5.38. The Morgan fingerprint density at radius 2 is 2.17 bits per heavy atom. The molecule has 1 heterocycles. The van der Waals surface area contributed by atoms with E-state index in [-0.39, 0.29) is 5.78 Å². The molecule has 0 aliphatic carbocycles. The molecule has 0 unspecified atom stereocenters. The largest absolute Gasteiger partial charge is 0.379 e. The van der Waals surface area contributed by atoms with Crippen molar-refractivity contribution in [1.82, 2.24) is 4.98 Å². The molecular weight excluding hydrogens is 244 g/mol. The van der Waals surface area contributed by atoms with Gasteiger partial charge in [-0.3, -0.25) is 4.79 Å². The topological polar surface area (TPSA) is 42.0 Å². The predicted octanol–water partition coefficient (Wildman–Crippen LogP) is 3.57. The minimum absolute atomic E-state index is 0.0896. The van der Waals surface area contributed by atoms with E-state index in [1.54, 1.807) is 6.92 Å². The molecule has 4 heteroatoms. The fourth-order valence-corrected chi connectivity index (χ4v) is 2.69. The van der Waals surface area contributed by atoms with E-state index in [1.807, 2.05) is 19.1 Å². The Balaban J connectivity index is 2.06. The molecule has 1 N–H and O–H groups in total. The van der Waals surface area contributed by atoms with Gasteiger partial charge in [0.15, 0.2) is 5.78 Å². The van der Waals surface area contributed by atoms with Crippen LogP contribution in [0.3, 0.4) is 0 Å². The second kappa shape index (κ2) is 5.31. The third-order valence-corrected chi connectivity index (χ3v) is 3.88. The Kier molecular flexibility index (Phi) is 3.77. The first kappa shape index (κ1) is 12.8. The molecule has 1 aromatic carbocycles. The number of benzene rings is 1. The summed E-state index contributed by atoms with van der Waals surface area (Å²) in [5.74, 6) is 0.0896. The van der Waals surface area contributed by atoms with Crippen LogP contribution in [-0.4, -0.2) is 10.8 Å². The van der Waals surface area contributed by atoms with Crippen molar-refractivity contribution in [3.63, 3.8) is 0 Å². The number of carbonyl (C=O) groups is 1. The van der Waals surface area contributed by atoms with E-state index >= 15 is 0 Å². The van der Waals surface area contributed by atoms with Crippen molar-refractivity contribution in [3.05, 3.63) is 45.4 Å². The van der Waals surface area contributed by atoms with Gasteiger partial charge >= 0.3 is 0 Å². The summed E-state index contributed by atoms with van der Waals surface area (Å²) in [6.07, 6.45) is 0. The summed E-state index contributed by atoms with van der Waals surface area (Å²) in [6, 6.07) is 8.20. The van der Waals surface area contributed by atoms with Crippen molar-refractivity contribution in [3.8, 4) is 0 Å². The average molecular weight is 260 g/mol. The van der Waals surface area contributed by atoms with Gasteiger partial charge in [0.2, 0.25) is 0 Å². The molecule has 0 atom stereocenters. The number of hydrogen-bond donors (Lipinski definition) is 1. The smallest absolute Gasteiger partial charge is 0.171 e. The number of Topliss-reactive ketones (excluding diaryl/α,β-unsaturated/α-hetero) is 1. The summed E-state index contributed by atoms with van der Waals surface area (Å²) in [5, 5.41) is 4.26. The fourth-order valence-electron chi connectivity index (χ4n) is 1.79. The maximum atomic E-state index is 11.3. The predicted molar refractivity (Wildman–Crippen MR) is 75.4 cm³/mol. The van der Waals surface area contributed by atoms with Gasteiger partial charge in [-0.05, 0) is 31.5 Å². The van der Waals surface area contributed by atoms with Crippen molar-refractivity contribution in [2.45, 2.75) is 27.3 Å². The van der Waals surface area contributed by atoms with Crippen molar-refractivity contribution in [2.75, 3.05) is 5.32 Å². The summed E-state index contributed by atoms with van der Waals surface area (Å²) in [4.78, 5) is 16.5. The molecule has 2 aromatic rings. The third-order valence-electron chi connectivity index (χ3n) is 2.62. The Morgan fingerprint density at radius 1 is 1.39 bits per heavy atom. The SMILES string of the molecule is CC(=O)c1sc(CNc2cccc(C)c2)nc1C. The number of thiazole rings is 1. The highest BCUT2D eigenvalue weighted by atomic mass is 32.1. The Hall–Kier alpha value is -1.68. The molecule has 0 fully saturated rings. The number of aromatic nitrogens is 1. The molecule has 0 saturated heterocycles. The van der Waals surface area contributed by atoms with Crippen LogP contribution in [0.5, 0.6) is 0 Å². The molecule has 0 saturated carbocycles. The van der Waals surface area contributed by atoms with Crippen LogP contribution in [0.25, 0.3) is 0 Å². The number of nitrogens with zero attached hydrogens (tertiary/aromatic N) is 1. The second-order valence-electron chi connectivity index (χ2n) is 4.30. The third kappa shape index (κ3) is 2.96. The number of aryl methyl sites for hydroxylation is 2. The lowest BCUT2D eigenvalue weighted by Crippen LogP contribution is -1.98. The van der Waals surface area contributed by atoms with Crippen LogP contribution < -0.4 is 5.32 Å². The van der Waals surface area contributed by atoms with Crippen molar-refractivity contribution < 1.29 is 4.79 Å². The van der Waals surface area contributed by atoms with E-state index in [0.29, 0.717) is 6.54 Å². The van der Waals surface area contributed by atoms with E-state index in [1.165, 1.54) is 16.9 Å². The Bertz CT molecular complexity index is 575. The van der Waals surface area contributed by atoms with Crippen molar-refractivity contribution in [1.29, 1.82) is 0 Å². The average Bonchev–Trinajstić information content (AvgIpc) is 2.68. The van der Waals surface area contributed by atoms with Gasteiger partial charge in [-0.15, -0.1) is 11.3 Å². The van der Waals surface area contributed by atoms with Crippen LogP contribution in [0.2, 0.25) is 0 Å². The molecule has 0 aliphatic rings. The summed E-state index contributed by atoms with van der Waals surface area (Å²) >= 11 is 1.47. The summed E-state index contributed by atoms with van der Waals surface area (Å²) < 4.78 is 0.